The lowest BCUT2D eigenvalue weighted by molar-refractivity contribution is 0.0602. The lowest BCUT2D eigenvalue weighted by atomic mass is 9.97. The van der Waals surface area contributed by atoms with Gasteiger partial charge in [-0.25, -0.2) is 9.78 Å². The number of fused-ring (bicyclic) bond motifs is 1. The Labute approximate surface area is 111 Å². The van der Waals surface area contributed by atoms with E-state index in [-0.39, 0.29) is 5.97 Å². The largest absolute Gasteiger partial charge is 0.465 e. The highest BCUT2D eigenvalue weighted by molar-refractivity contribution is 5.95. The molecule has 0 spiro atoms. The summed E-state index contributed by atoms with van der Waals surface area (Å²) >= 11 is 0. The van der Waals surface area contributed by atoms with Gasteiger partial charge < -0.3 is 14.5 Å². The molecule has 0 saturated carbocycles. The number of esters is 1. The van der Waals surface area contributed by atoms with Crippen molar-refractivity contribution in [3.8, 4) is 0 Å². The van der Waals surface area contributed by atoms with Crippen LogP contribution in [-0.2, 0) is 4.74 Å². The summed E-state index contributed by atoms with van der Waals surface area (Å²) < 4.78 is 6.69. The Bertz CT molecular complexity index is 600. The van der Waals surface area contributed by atoms with Gasteiger partial charge in [0.1, 0.15) is 5.56 Å². The second kappa shape index (κ2) is 5.01. The Morgan fingerprint density at radius 2 is 2.47 bits per heavy atom. The minimum atomic E-state index is -0.343. The summed E-state index contributed by atoms with van der Waals surface area (Å²) in [5, 5.41) is 3.39. The fourth-order valence-electron chi connectivity index (χ4n) is 2.60. The summed E-state index contributed by atoms with van der Waals surface area (Å²) in [5.74, 6) is 0.0867. The van der Waals surface area contributed by atoms with Crippen LogP contribution in [0.1, 0.15) is 34.8 Å². The van der Waals surface area contributed by atoms with E-state index in [9.17, 15) is 4.79 Å². The predicted octanol–water partition coefficient (Wildman–Crippen LogP) is 1.59. The topological polar surface area (TPSA) is 55.6 Å². The van der Waals surface area contributed by atoms with E-state index in [0.717, 1.165) is 25.2 Å². The van der Waals surface area contributed by atoms with Crippen molar-refractivity contribution in [1.29, 1.82) is 0 Å². The van der Waals surface area contributed by atoms with Crippen LogP contribution in [0.3, 0.4) is 0 Å². The van der Waals surface area contributed by atoms with E-state index >= 15 is 0 Å². The molecule has 1 fully saturated rings. The first-order valence-corrected chi connectivity index (χ1v) is 6.56. The SMILES string of the molecule is COC(=O)c1cccn2cc(C3CCCNC3)nc12. The van der Waals surface area contributed by atoms with Gasteiger partial charge in [-0.05, 0) is 31.5 Å². The molecule has 0 amide bonds. The average molecular weight is 259 g/mol. The molecule has 0 bridgehead atoms. The first kappa shape index (κ1) is 12.2. The number of piperidine rings is 1. The molecule has 1 unspecified atom stereocenters. The lowest BCUT2D eigenvalue weighted by Crippen LogP contribution is -2.28. The number of hydrogen-bond donors (Lipinski definition) is 1. The van der Waals surface area contributed by atoms with Gasteiger partial charge in [-0.15, -0.1) is 0 Å². The number of nitrogens with zero attached hydrogens (tertiary/aromatic N) is 2. The van der Waals surface area contributed by atoms with Crippen LogP contribution in [0.4, 0.5) is 0 Å². The maximum atomic E-state index is 11.7. The van der Waals surface area contributed by atoms with Crippen molar-refractivity contribution in [1.82, 2.24) is 14.7 Å². The van der Waals surface area contributed by atoms with E-state index in [1.54, 1.807) is 6.07 Å². The highest BCUT2D eigenvalue weighted by Gasteiger charge is 2.20. The van der Waals surface area contributed by atoms with E-state index in [4.69, 9.17) is 4.74 Å². The fraction of sp³-hybridized carbons (Fsp3) is 0.429. The van der Waals surface area contributed by atoms with Crippen molar-refractivity contribution in [2.75, 3.05) is 20.2 Å². The maximum absolute atomic E-state index is 11.7. The van der Waals surface area contributed by atoms with Gasteiger partial charge in [0.25, 0.3) is 0 Å². The Balaban J connectivity index is 2.02. The Kier molecular flexibility index (Phi) is 3.21. The van der Waals surface area contributed by atoms with Crippen LogP contribution in [0.2, 0.25) is 0 Å². The first-order valence-electron chi connectivity index (χ1n) is 6.56. The molecule has 1 N–H and O–H groups in total. The number of nitrogens with one attached hydrogen (secondary N) is 1. The monoisotopic (exact) mass is 259 g/mol. The van der Waals surface area contributed by atoms with Crippen molar-refractivity contribution in [2.45, 2.75) is 18.8 Å². The van der Waals surface area contributed by atoms with Gasteiger partial charge in [0.2, 0.25) is 0 Å². The van der Waals surface area contributed by atoms with E-state index in [2.05, 4.69) is 10.3 Å². The first-order chi connectivity index (χ1) is 9.29. The molecule has 3 heterocycles. The number of rotatable bonds is 2. The quantitative estimate of drug-likeness (QED) is 0.832. The molecule has 5 heteroatoms. The molecule has 100 valence electrons. The molecular formula is C14H17N3O2. The zero-order valence-electron chi connectivity index (χ0n) is 10.9. The number of ether oxygens (including phenoxy) is 1. The van der Waals surface area contributed by atoms with Gasteiger partial charge in [-0.3, -0.25) is 0 Å². The van der Waals surface area contributed by atoms with Crippen molar-refractivity contribution >= 4 is 11.6 Å². The normalized spacial score (nSPS) is 19.5. The summed E-state index contributed by atoms with van der Waals surface area (Å²) in [6, 6.07) is 3.58. The molecule has 1 aliphatic rings. The number of methoxy groups -OCH3 is 1. The number of imidazole rings is 1. The van der Waals surface area contributed by atoms with Gasteiger partial charge in [-0.2, -0.15) is 0 Å². The molecule has 0 aromatic carbocycles. The van der Waals surface area contributed by atoms with E-state index in [1.807, 2.05) is 22.9 Å². The van der Waals surface area contributed by atoms with Gasteiger partial charge >= 0.3 is 5.97 Å². The molecule has 0 aliphatic carbocycles. The van der Waals surface area contributed by atoms with Crippen LogP contribution in [0.5, 0.6) is 0 Å². The molecule has 0 radical (unpaired) electrons. The minimum Gasteiger partial charge on any atom is -0.465 e. The van der Waals surface area contributed by atoms with Crippen LogP contribution in [0.15, 0.2) is 24.5 Å². The van der Waals surface area contributed by atoms with Gasteiger partial charge in [0, 0.05) is 24.9 Å². The zero-order valence-corrected chi connectivity index (χ0v) is 10.9. The van der Waals surface area contributed by atoms with Gasteiger partial charge in [0.15, 0.2) is 5.65 Å². The predicted molar refractivity (Wildman–Crippen MR) is 71.4 cm³/mol. The van der Waals surface area contributed by atoms with Crippen molar-refractivity contribution < 1.29 is 9.53 Å². The second-order valence-corrected chi connectivity index (χ2v) is 4.85. The number of hydrogen-bond acceptors (Lipinski definition) is 4. The Morgan fingerprint density at radius 1 is 1.58 bits per heavy atom. The van der Waals surface area contributed by atoms with Gasteiger partial charge in [-0.1, -0.05) is 0 Å². The van der Waals surface area contributed by atoms with Crippen LogP contribution in [0.25, 0.3) is 5.65 Å². The average Bonchev–Trinajstić information content (AvgIpc) is 2.91. The standard InChI is InChI=1S/C14H17N3O2/c1-19-14(18)11-5-3-7-17-9-12(16-13(11)17)10-4-2-6-15-8-10/h3,5,7,9-10,15H,2,4,6,8H2,1H3. The highest BCUT2D eigenvalue weighted by Crippen LogP contribution is 2.23. The smallest absolute Gasteiger partial charge is 0.341 e. The van der Waals surface area contributed by atoms with Crippen molar-refractivity contribution in [3.63, 3.8) is 0 Å². The Hall–Kier alpha value is -1.88. The molecule has 1 aliphatic heterocycles. The summed E-state index contributed by atoms with van der Waals surface area (Å²) in [4.78, 5) is 16.4. The molecule has 19 heavy (non-hydrogen) atoms. The van der Waals surface area contributed by atoms with Crippen LogP contribution in [-0.4, -0.2) is 35.6 Å². The Morgan fingerprint density at radius 3 is 3.21 bits per heavy atom. The summed E-state index contributed by atoms with van der Waals surface area (Å²) in [6.07, 6.45) is 6.24. The molecule has 1 saturated heterocycles. The van der Waals surface area contributed by atoms with Crippen molar-refractivity contribution in [3.05, 3.63) is 35.8 Å². The molecule has 5 nitrogen and oxygen atoms in total. The molecule has 3 rings (SSSR count). The van der Waals surface area contributed by atoms with E-state index in [1.165, 1.54) is 13.5 Å². The minimum absolute atomic E-state index is 0.343. The van der Waals surface area contributed by atoms with E-state index < -0.39 is 0 Å². The van der Waals surface area contributed by atoms with Crippen LogP contribution >= 0.6 is 0 Å². The summed E-state index contributed by atoms with van der Waals surface area (Å²) in [5.41, 5.74) is 2.23. The third kappa shape index (κ3) is 2.21. The molecule has 2 aromatic rings. The maximum Gasteiger partial charge on any atom is 0.341 e. The van der Waals surface area contributed by atoms with E-state index in [0.29, 0.717) is 17.1 Å². The second-order valence-electron chi connectivity index (χ2n) is 4.85. The molecule has 1 atom stereocenters. The van der Waals surface area contributed by atoms with Crippen LogP contribution in [0, 0.1) is 0 Å². The summed E-state index contributed by atoms with van der Waals surface area (Å²) in [7, 11) is 1.39. The fourth-order valence-corrected chi connectivity index (χ4v) is 2.60. The number of aromatic nitrogens is 2. The third-order valence-electron chi connectivity index (χ3n) is 3.62. The van der Waals surface area contributed by atoms with Crippen molar-refractivity contribution in [2.24, 2.45) is 0 Å². The van der Waals surface area contributed by atoms with Gasteiger partial charge in [0.05, 0.1) is 12.8 Å². The third-order valence-corrected chi connectivity index (χ3v) is 3.62. The molecule has 2 aromatic heterocycles. The zero-order chi connectivity index (χ0) is 13.2. The highest BCUT2D eigenvalue weighted by atomic mass is 16.5. The van der Waals surface area contributed by atoms with Crippen LogP contribution < -0.4 is 5.32 Å². The summed E-state index contributed by atoms with van der Waals surface area (Å²) in [6.45, 7) is 2.04. The number of carbonyl (C=O) groups excluding carboxylic acids is 1. The molecular weight excluding hydrogens is 242 g/mol. The number of carbonyl (C=O) groups is 1. The lowest BCUT2D eigenvalue weighted by Gasteiger charge is -2.20. The number of pyridine rings is 1.